The van der Waals surface area contributed by atoms with Crippen molar-refractivity contribution in [2.45, 2.75) is 6.42 Å². The molecular formula is C23H20F2N8OS. The van der Waals surface area contributed by atoms with Gasteiger partial charge in [-0.1, -0.05) is 11.3 Å². The van der Waals surface area contributed by atoms with E-state index in [4.69, 9.17) is 11.5 Å². The van der Waals surface area contributed by atoms with Crippen molar-refractivity contribution in [1.29, 1.82) is 5.26 Å². The van der Waals surface area contributed by atoms with Gasteiger partial charge in [0.2, 0.25) is 5.91 Å². The molecule has 2 aromatic heterocycles. The fourth-order valence-electron chi connectivity index (χ4n) is 4.46. The molecule has 0 saturated carbocycles. The van der Waals surface area contributed by atoms with Gasteiger partial charge in [-0.2, -0.15) is 5.26 Å². The number of nitrogen functional groups attached to an aromatic ring is 1. The lowest BCUT2D eigenvalue weighted by Crippen LogP contribution is -2.50. The number of carbonyl (C=O) groups is 1. The number of aromatic nitrogens is 3. The Hall–Kier alpha value is -3.95. The van der Waals surface area contributed by atoms with E-state index in [2.05, 4.69) is 21.0 Å². The van der Waals surface area contributed by atoms with Crippen molar-refractivity contribution >= 4 is 49.3 Å². The molecule has 1 aliphatic rings. The van der Waals surface area contributed by atoms with Gasteiger partial charge in [0, 0.05) is 42.7 Å². The monoisotopic (exact) mass is 494 g/mol. The second kappa shape index (κ2) is 9.01. The molecule has 0 radical (unpaired) electrons. The molecule has 0 aliphatic carbocycles. The van der Waals surface area contributed by atoms with E-state index < -0.39 is 11.6 Å². The molecule has 1 fully saturated rings. The van der Waals surface area contributed by atoms with Gasteiger partial charge in [-0.3, -0.25) is 4.79 Å². The maximum atomic E-state index is 16.1. The molecule has 1 amide bonds. The number of nitriles is 1. The predicted molar refractivity (Wildman–Crippen MR) is 130 cm³/mol. The SMILES string of the molecule is N#CCc1cc2c(N3CCN(C(=O)CN)CC3)ncnc2c(F)c1-c1ccc(F)c2sc(N)nc12. The van der Waals surface area contributed by atoms with Gasteiger partial charge < -0.3 is 21.3 Å². The molecule has 1 aliphatic heterocycles. The van der Waals surface area contributed by atoms with E-state index in [1.54, 1.807) is 11.0 Å². The quantitative estimate of drug-likeness (QED) is 0.441. The summed E-state index contributed by atoms with van der Waals surface area (Å²) in [6, 6.07) is 6.46. The number of fused-ring (bicyclic) bond motifs is 2. The molecular weight excluding hydrogens is 474 g/mol. The van der Waals surface area contributed by atoms with Gasteiger partial charge in [0.25, 0.3) is 0 Å². The van der Waals surface area contributed by atoms with Crippen LogP contribution in [0.2, 0.25) is 0 Å². The maximum absolute atomic E-state index is 16.1. The molecule has 3 heterocycles. The zero-order valence-corrected chi connectivity index (χ0v) is 19.3. The van der Waals surface area contributed by atoms with Crippen LogP contribution >= 0.6 is 11.3 Å². The molecule has 12 heteroatoms. The lowest BCUT2D eigenvalue weighted by molar-refractivity contribution is -0.129. The van der Waals surface area contributed by atoms with Crippen LogP contribution in [-0.2, 0) is 11.2 Å². The normalized spacial score (nSPS) is 14.0. The summed E-state index contributed by atoms with van der Waals surface area (Å²) in [5.74, 6) is -0.759. The summed E-state index contributed by atoms with van der Waals surface area (Å²) in [7, 11) is 0. The summed E-state index contributed by atoms with van der Waals surface area (Å²) in [6.07, 6.45) is 1.20. The number of nitrogens with two attached hydrogens (primary N) is 2. The van der Waals surface area contributed by atoms with Crippen LogP contribution in [0.15, 0.2) is 24.5 Å². The first kappa shape index (κ1) is 22.8. The fourth-order valence-corrected chi connectivity index (χ4v) is 5.22. The first-order valence-corrected chi connectivity index (χ1v) is 11.6. The smallest absolute Gasteiger partial charge is 0.236 e. The van der Waals surface area contributed by atoms with Gasteiger partial charge in [0.1, 0.15) is 23.5 Å². The lowest BCUT2D eigenvalue weighted by atomic mass is 9.94. The number of amides is 1. The highest BCUT2D eigenvalue weighted by Gasteiger charge is 2.26. The molecule has 0 unspecified atom stereocenters. The van der Waals surface area contributed by atoms with Gasteiger partial charge in [0.05, 0.1) is 29.3 Å². The van der Waals surface area contributed by atoms with Crippen LogP contribution in [0.3, 0.4) is 0 Å². The van der Waals surface area contributed by atoms with Gasteiger partial charge in [0.15, 0.2) is 10.9 Å². The summed E-state index contributed by atoms with van der Waals surface area (Å²) >= 11 is 0.977. The van der Waals surface area contributed by atoms with Crippen molar-refractivity contribution < 1.29 is 13.6 Å². The van der Waals surface area contributed by atoms with Crippen molar-refractivity contribution in [2.24, 2.45) is 5.73 Å². The standard InChI is InChI=1S/C23H20F2N8OS/c24-15-2-1-13(20-21(15)35-23(28)31-20)17-12(3-4-26)9-14-19(18(17)25)29-11-30-22(14)33-7-5-32(6-8-33)16(34)10-27/h1-2,9,11H,3,5-8,10,27H2,(H2,28,31). The second-order valence-corrected chi connectivity index (χ2v) is 9.08. The Labute approximate surface area is 202 Å². The number of anilines is 2. The molecule has 178 valence electrons. The second-order valence-electron chi connectivity index (χ2n) is 8.05. The third-order valence-electron chi connectivity index (χ3n) is 6.09. The van der Waals surface area contributed by atoms with Crippen LogP contribution < -0.4 is 16.4 Å². The summed E-state index contributed by atoms with van der Waals surface area (Å²) in [6.45, 7) is 1.86. The molecule has 4 aromatic rings. The number of benzene rings is 2. The maximum Gasteiger partial charge on any atom is 0.236 e. The third kappa shape index (κ3) is 3.88. The Bertz CT molecular complexity index is 1510. The van der Waals surface area contributed by atoms with Gasteiger partial charge in [-0.25, -0.2) is 23.7 Å². The fraction of sp³-hybridized carbons (Fsp3) is 0.261. The largest absolute Gasteiger partial charge is 0.375 e. The molecule has 4 N–H and O–H groups in total. The highest BCUT2D eigenvalue weighted by Crippen LogP contribution is 2.40. The van der Waals surface area contributed by atoms with Gasteiger partial charge in [-0.05, 0) is 23.8 Å². The van der Waals surface area contributed by atoms with Crippen molar-refractivity contribution in [1.82, 2.24) is 19.9 Å². The van der Waals surface area contributed by atoms with Crippen LogP contribution in [0.1, 0.15) is 5.56 Å². The Morgan fingerprint density at radius 2 is 1.94 bits per heavy atom. The van der Waals surface area contributed by atoms with E-state index in [1.807, 2.05) is 4.90 Å². The minimum atomic E-state index is -0.646. The Morgan fingerprint density at radius 1 is 1.17 bits per heavy atom. The molecule has 0 bridgehead atoms. The van der Waals surface area contributed by atoms with Crippen molar-refractivity contribution in [2.75, 3.05) is 43.4 Å². The van der Waals surface area contributed by atoms with E-state index in [9.17, 15) is 14.4 Å². The Balaban J connectivity index is 1.66. The van der Waals surface area contributed by atoms with E-state index in [-0.39, 0.29) is 45.3 Å². The number of hydrogen-bond donors (Lipinski definition) is 2. The highest BCUT2D eigenvalue weighted by atomic mass is 32.1. The zero-order chi connectivity index (χ0) is 24.7. The Kier molecular flexibility index (Phi) is 5.88. The molecule has 9 nitrogen and oxygen atoms in total. The average Bonchev–Trinajstić information content (AvgIpc) is 3.27. The van der Waals surface area contributed by atoms with Gasteiger partial charge >= 0.3 is 0 Å². The van der Waals surface area contributed by atoms with Crippen LogP contribution in [-0.4, -0.2) is 58.5 Å². The number of piperazine rings is 1. The van der Waals surface area contributed by atoms with Crippen molar-refractivity contribution in [3.8, 4) is 17.2 Å². The van der Waals surface area contributed by atoms with Crippen molar-refractivity contribution in [3.05, 3.63) is 41.7 Å². The molecule has 0 atom stereocenters. The van der Waals surface area contributed by atoms with Gasteiger partial charge in [-0.15, -0.1) is 0 Å². The Morgan fingerprint density at radius 3 is 2.66 bits per heavy atom. The van der Waals surface area contributed by atoms with E-state index in [1.165, 1.54) is 18.5 Å². The number of rotatable bonds is 4. The minimum absolute atomic E-state index is 0.0523. The van der Waals surface area contributed by atoms with Crippen LogP contribution in [0, 0.1) is 23.0 Å². The summed E-state index contributed by atoms with van der Waals surface area (Å²) in [4.78, 5) is 28.3. The highest BCUT2D eigenvalue weighted by molar-refractivity contribution is 7.22. The van der Waals surface area contributed by atoms with Crippen LogP contribution in [0.5, 0.6) is 0 Å². The number of halogens is 2. The summed E-state index contributed by atoms with van der Waals surface area (Å²) < 4.78 is 30.7. The van der Waals surface area contributed by atoms with Crippen LogP contribution in [0.4, 0.5) is 19.7 Å². The molecule has 0 spiro atoms. The number of thiazole rings is 1. The summed E-state index contributed by atoms with van der Waals surface area (Å²) in [5, 5.41) is 10.1. The topological polar surface area (TPSA) is 138 Å². The molecule has 1 saturated heterocycles. The first-order chi connectivity index (χ1) is 16.9. The van der Waals surface area contributed by atoms with Crippen molar-refractivity contribution in [3.63, 3.8) is 0 Å². The van der Waals surface area contributed by atoms with Crippen LogP contribution in [0.25, 0.3) is 32.2 Å². The molecule has 35 heavy (non-hydrogen) atoms. The van der Waals surface area contributed by atoms with E-state index in [0.29, 0.717) is 48.5 Å². The predicted octanol–water partition coefficient (Wildman–Crippen LogP) is 2.44. The minimum Gasteiger partial charge on any atom is -0.375 e. The number of hydrogen-bond acceptors (Lipinski definition) is 9. The lowest BCUT2D eigenvalue weighted by Gasteiger charge is -2.35. The zero-order valence-electron chi connectivity index (χ0n) is 18.5. The summed E-state index contributed by atoms with van der Waals surface area (Å²) in [5.41, 5.74) is 12.5. The van der Waals surface area contributed by atoms with E-state index in [0.717, 1.165) is 11.3 Å². The van der Waals surface area contributed by atoms with E-state index >= 15 is 4.39 Å². The number of carbonyl (C=O) groups excluding carboxylic acids is 1. The average molecular weight is 495 g/mol. The molecule has 2 aromatic carbocycles. The first-order valence-electron chi connectivity index (χ1n) is 10.8. The molecule has 5 rings (SSSR count). The number of nitrogens with zero attached hydrogens (tertiary/aromatic N) is 6. The third-order valence-corrected chi connectivity index (χ3v) is 6.98.